The number of amides is 2. The Morgan fingerprint density at radius 1 is 1.14 bits per heavy atom. The molecule has 4 atom stereocenters. The number of fused-ring (bicyclic) bond motifs is 2. The molecule has 3 aliphatic rings. The maximum absolute atomic E-state index is 14.4. The largest absolute Gasteiger partial charge is 0.444 e. The molecular weight excluding hydrogens is 557 g/mol. The first-order valence-electron chi connectivity index (χ1n) is 16.0. The van der Waals surface area contributed by atoms with Crippen molar-refractivity contribution in [3.8, 4) is 5.69 Å². The van der Waals surface area contributed by atoms with Crippen LogP contribution in [-0.4, -0.2) is 87.7 Å². The second-order valence-corrected chi connectivity index (χ2v) is 14.5. The van der Waals surface area contributed by atoms with Crippen LogP contribution in [0.25, 0.3) is 16.6 Å². The maximum atomic E-state index is 14.4. The summed E-state index contributed by atoms with van der Waals surface area (Å²) in [7, 11) is 1.75. The molecule has 3 aromatic rings. The minimum absolute atomic E-state index is 0.0102. The molecule has 1 saturated carbocycles. The predicted molar refractivity (Wildman–Crippen MR) is 170 cm³/mol. The summed E-state index contributed by atoms with van der Waals surface area (Å²) < 4.78 is 22.0. The van der Waals surface area contributed by atoms with Crippen molar-refractivity contribution in [3.05, 3.63) is 59.3 Å². The van der Waals surface area contributed by atoms with Crippen LogP contribution in [0.15, 0.2) is 36.8 Å². The molecule has 2 aliphatic heterocycles. The number of ether oxygens (including phenoxy) is 1. The number of likely N-dealkylation sites (tertiary alicyclic amines) is 2. The van der Waals surface area contributed by atoms with E-state index in [-0.39, 0.29) is 18.0 Å². The van der Waals surface area contributed by atoms with E-state index < -0.39 is 11.4 Å². The molecule has 1 aromatic carbocycles. The van der Waals surface area contributed by atoms with Crippen LogP contribution in [0.5, 0.6) is 0 Å². The lowest BCUT2D eigenvalue weighted by Gasteiger charge is -2.26. The summed E-state index contributed by atoms with van der Waals surface area (Å²) in [6.07, 6.45) is 7.78. The van der Waals surface area contributed by atoms with E-state index in [1.165, 1.54) is 17.7 Å². The molecule has 1 aliphatic carbocycles. The zero-order chi connectivity index (χ0) is 31.5. The smallest absolute Gasteiger partial charge is 0.410 e. The summed E-state index contributed by atoms with van der Waals surface area (Å²) in [5.74, 6) is 1.75. The summed E-state index contributed by atoms with van der Waals surface area (Å²) in [4.78, 5) is 36.5. The van der Waals surface area contributed by atoms with Gasteiger partial charge in [0, 0.05) is 57.0 Å². The zero-order valence-electron chi connectivity index (χ0n) is 27.1. The molecular formula is C35H46FN5O3. The molecule has 0 bridgehead atoms. The van der Waals surface area contributed by atoms with Gasteiger partial charge in [0.1, 0.15) is 11.4 Å². The lowest BCUT2D eigenvalue weighted by Crippen LogP contribution is -2.38. The highest BCUT2D eigenvalue weighted by molar-refractivity contribution is 5.99. The van der Waals surface area contributed by atoms with Crippen LogP contribution in [0.4, 0.5) is 9.18 Å². The Balaban J connectivity index is 1.15. The number of nitrogens with zero attached hydrogens (tertiary/aromatic N) is 5. The zero-order valence-corrected chi connectivity index (χ0v) is 27.1. The molecule has 2 amide bonds. The third-order valence-electron chi connectivity index (χ3n) is 9.90. The molecule has 236 valence electrons. The van der Waals surface area contributed by atoms with E-state index >= 15 is 0 Å². The van der Waals surface area contributed by atoms with Crippen LogP contribution < -0.4 is 0 Å². The van der Waals surface area contributed by atoms with Gasteiger partial charge < -0.3 is 24.0 Å². The highest BCUT2D eigenvalue weighted by Crippen LogP contribution is 2.52. The molecule has 3 fully saturated rings. The van der Waals surface area contributed by atoms with E-state index in [1.54, 1.807) is 18.0 Å². The van der Waals surface area contributed by atoms with Gasteiger partial charge in [0.15, 0.2) is 0 Å². The van der Waals surface area contributed by atoms with Gasteiger partial charge in [-0.1, -0.05) is 0 Å². The van der Waals surface area contributed by atoms with Crippen molar-refractivity contribution in [2.75, 3.05) is 39.8 Å². The number of halogens is 1. The van der Waals surface area contributed by atoms with Gasteiger partial charge in [0.2, 0.25) is 0 Å². The topological polar surface area (TPSA) is 70.9 Å². The highest BCUT2D eigenvalue weighted by Gasteiger charge is 2.57. The van der Waals surface area contributed by atoms with Gasteiger partial charge in [-0.25, -0.2) is 9.18 Å². The first kappa shape index (κ1) is 30.6. The number of benzene rings is 1. The van der Waals surface area contributed by atoms with E-state index in [2.05, 4.69) is 23.0 Å². The number of rotatable bonds is 7. The molecule has 9 heteroatoms. The quantitative estimate of drug-likeness (QED) is 0.335. The van der Waals surface area contributed by atoms with Crippen LogP contribution in [0.1, 0.15) is 62.5 Å². The first-order chi connectivity index (χ1) is 20.8. The lowest BCUT2D eigenvalue weighted by molar-refractivity contribution is 0.0262. The summed E-state index contributed by atoms with van der Waals surface area (Å²) in [5, 5.41) is 1.16. The molecule has 0 spiro atoms. The third kappa shape index (κ3) is 5.95. The Morgan fingerprint density at radius 2 is 1.86 bits per heavy atom. The van der Waals surface area contributed by atoms with Crippen LogP contribution in [0.2, 0.25) is 0 Å². The van der Waals surface area contributed by atoms with Crippen LogP contribution >= 0.6 is 0 Å². The fourth-order valence-corrected chi connectivity index (χ4v) is 7.36. The number of hydrogen-bond acceptors (Lipinski definition) is 5. The number of aromatic nitrogens is 2. The van der Waals surface area contributed by atoms with Crippen molar-refractivity contribution in [1.29, 1.82) is 0 Å². The van der Waals surface area contributed by atoms with Crippen LogP contribution in [-0.2, 0) is 11.2 Å². The Kier molecular flexibility index (Phi) is 7.97. The van der Waals surface area contributed by atoms with Gasteiger partial charge >= 0.3 is 6.09 Å². The van der Waals surface area contributed by atoms with Gasteiger partial charge in [-0.05, 0) is 114 Å². The Hall–Kier alpha value is -3.46. The van der Waals surface area contributed by atoms with Crippen LogP contribution in [0, 0.1) is 36.4 Å². The standard InChI is InChI=1S/C35H46FN5O3/c1-21(2)38(7)33(42)26-13-25(36)8-9-30(26)41-17-24(32-22(3)14-37-15-31(32)41)12-23-10-11-39(16-23)18-27-28-19-40(20-29(27)28)34(43)44-35(4,5)6/h8-9,13-15,17,21,23,27-29H,10-12,16,18-20H2,1-7H3/t23-,27-,28-,29+/m0/s1. The van der Waals surface area contributed by atoms with Gasteiger partial charge in [0.25, 0.3) is 5.91 Å². The second-order valence-electron chi connectivity index (χ2n) is 14.5. The molecule has 0 radical (unpaired) electrons. The number of aryl methyl sites for hydroxylation is 1. The molecule has 0 unspecified atom stereocenters. The molecule has 2 saturated heterocycles. The van der Waals surface area contributed by atoms with Crippen molar-refractivity contribution >= 4 is 22.9 Å². The fraction of sp³-hybridized carbons (Fsp3) is 0.571. The van der Waals surface area contributed by atoms with E-state index in [0.717, 1.165) is 62.0 Å². The molecule has 2 aromatic heterocycles. The number of piperidine rings is 1. The lowest BCUT2D eigenvalue weighted by atomic mass is 9.97. The number of carbonyl (C=O) groups excluding carboxylic acids is 2. The number of hydrogen-bond donors (Lipinski definition) is 0. The summed E-state index contributed by atoms with van der Waals surface area (Å²) in [6, 6.07) is 4.46. The predicted octanol–water partition coefficient (Wildman–Crippen LogP) is 5.93. The summed E-state index contributed by atoms with van der Waals surface area (Å²) >= 11 is 0. The molecule has 0 N–H and O–H groups in total. The summed E-state index contributed by atoms with van der Waals surface area (Å²) in [5.41, 5.74) is 3.82. The van der Waals surface area contributed by atoms with Crippen molar-refractivity contribution in [3.63, 3.8) is 0 Å². The fourth-order valence-electron chi connectivity index (χ4n) is 7.36. The minimum atomic E-state index is -0.460. The van der Waals surface area contributed by atoms with Crippen LogP contribution in [0.3, 0.4) is 0 Å². The van der Waals surface area contributed by atoms with Crippen molar-refractivity contribution in [1.82, 2.24) is 24.3 Å². The number of carbonyl (C=O) groups is 2. The van der Waals surface area contributed by atoms with Gasteiger partial charge in [-0.2, -0.15) is 0 Å². The monoisotopic (exact) mass is 603 g/mol. The summed E-state index contributed by atoms with van der Waals surface area (Å²) in [6.45, 7) is 16.6. The molecule has 4 heterocycles. The maximum Gasteiger partial charge on any atom is 0.410 e. The Morgan fingerprint density at radius 3 is 2.55 bits per heavy atom. The van der Waals surface area contributed by atoms with E-state index in [0.29, 0.717) is 34.9 Å². The highest BCUT2D eigenvalue weighted by atomic mass is 19.1. The average Bonchev–Trinajstić information content (AvgIpc) is 3.37. The second kappa shape index (κ2) is 11.5. The Bertz CT molecular complexity index is 1560. The third-order valence-corrected chi connectivity index (χ3v) is 9.90. The molecule has 8 nitrogen and oxygen atoms in total. The van der Waals surface area contributed by atoms with Crippen molar-refractivity contribution in [2.45, 2.75) is 66.0 Å². The normalized spacial score (nSPS) is 23.4. The SMILES string of the molecule is Cc1cncc2c1c(C[C@@H]1CCN(C[C@@H]3[C@H]4CN(C(=O)OC(C)(C)C)C[C@@H]34)C1)cn2-c1ccc(F)cc1C(=O)N(C)C(C)C. The Labute approximate surface area is 260 Å². The van der Waals surface area contributed by atoms with Crippen molar-refractivity contribution < 1.29 is 18.7 Å². The number of pyridine rings is 1. The van der Waals surface area contributed by atoms with Crippen molar-refractivity contribution in [2.24, 2.45) is 23.7 Å². The van der Waals surface area contributed by atoms with E-state index in [9.17, 15) is 14.0 Å². The first-order valence-corrected chi connectivity index (χ1v) is 16.0. The molecule has 6 rings (SSSR count). The minimum Gasteiger partial charge on any atom is -0.444 e. The van der Waals surface area contributed by atoms with Gasteiger partial charge in [-0.3, -0.25) is 9.78 Å². The molecule has 44 heavy (non-hydrogen) atoms. The van der Waals surface area contributed by atoms with E-state index in [4.69, 9.17) is 4.74 Å². The van der Waals surface area contributed by atoms with Gasteiger partial charge in [-0.15, -0.1) is 0 Å². The average molecular weight is 604 g/mol. The van der Waals surface area contributed by atoms with E-state index in [1.807, 2.05) is 56.5 Å². The van der Waals surface area contributed by atoms with Gasteiger partial charge in [0.05, 0.1) is 23.0 Å².